The van der Waals surface area contributed by atoms with Crippen molar-refractivity contribution in [2.75, 3.05) is 5.73 Å². The van der Waals surface area contributed by atoms with Gasteiger partial charge in [-0.1, -0.05) is 16.8 Å². The third kappa shape index (κ3) is 3.71. The first kappa shape index (κ1) is 23.3. The third-order valence-corrected chi connectivity index (χ3v) is 7.50. The maximum absolute atomic E-state index is 14.4. The predicted octanol–water partition coefficient (Wildman–Crippen LogP) is 3.66. The number of aromatic nitrogens is 7. The number of aromatic carboxylic acids is 1. The van der Waals surface area contributed by atoms with E-state index in [1.807, 2.05) is 6.07 Å². The lowest BCUT2D eigenvalue weighted by molar-refractivity contribution is 0.0690. The quantitative estimate of drug-likeness (QED) is 0.283. The first-order valence-corrected chi connectivity index (χ1v) is 12.4. The van der Waals surface area contributed by atoms with Crippen LogP contribution in [0.4, 0.5) is 10.2 Å². The zero-order chi connectivity index (χ0) is 27.0. The molecule has 1 saturated carbocycles. The molecule has 13 heteroatoms. The molecular weight excluding hydrogens is 527 g/mol. The van der Waals surface area contributed by atoms with E-state index in [2.05, 4.69) is 25.3 Å². The number of nitrogens with zero attached hydrogens (tertiary/aromatic N) is 6. The Morgan fingerprint density at radius 1 is 1.18 bits per heavy atom. The molecule has 1 aliphatic carbocycles. The number of carboxylic acids is 1. The lowest BCUT2D eigenvalue weighted by Gasteiger charge is -2.18. The summed E-state index contributed by atoms with van der Waals surface area (Å²) in [6.45, 7) is 0. The predicted molar refractivity (Wildman–Crippen MR) is 138 cm³/mol. The zero-order valence-electron chi connectivity index (χ0n) is 19.9. The van der Waals surface area contributed by atoms with E-state index in [1.54, 1.807) is 22.8 Å². The van der Waals surface area contributed by atoms with Crippen LogP contribution in [0, 0.1) is 11.9 Å². The van der Waals surface area contributed by atoms with Gasteiger partial charge in [0.1, 0.15) is 11.6 Å². The summed E-state index contributed by atoms with van der Waals surface area (Å²) in [5, 5.41) is 17.3. The number of nitrogens with two attached hydrogens (primary N) is 1. The number of halogens is 2. The number of hydrogen-bond acceptors (Lipinski definition) is 7. The van der Waals surface area contributed by atoms with E-state index in [4.69, 9.17) is 17.3 Å². The number of benzene rings is 1. The smallest absolute Gasteiger partial charge is 0.358 e. The Morgan fingerprint density at radius 3 is 2.79 bits per heavy atom. The van der Waals surface area contributed by atoms with E-state index < -0.39 is 11.9 Å². The maximum atomic E-state index is 14.4. The molecule has 3 atom stereocenters. The molecule has 39 heavy (non-hydrogen) atoms. The van der Waals surface area contributed by atoms with Gasteiger partial charge >= 0.3 is 5.97 Å². The van der Waals surface area contributed by atoms with Crippen molar-refractivity contribution in [1.82, 2.24) is 34.5 Å². The van der Waals surface area contributed by atoms with Crippen LogP contribution in [-0.4, -0.2) is 45.6 Å². The standard InChI is InChI=1S/C26H18ClFN8O3/c27-12-1-3-19(35-10-18(26(38)39)33-34-35)14(7-12)11-5-20-15-8-16(15)23(36(20)22(37)6-11)25-30-9-17(31-25)13-2-4-21(29)32-24(13)28/h1-7,9-10,15-16,23H,8H2,(H2,29,32)(H,30,31)(H,38,39)/t15-,16+,23+/m1/s1. The molecule has 0 saturated heterocycles. The van der Waals surface area contributed by atoms with Crippen molar-refractivity contribution in [1.29, 1.82) is 0 Å². The van der Waals surface area contributed by atoms with Gasteiger partial charge in [-0.3, -0.25) is 4.79 Å². The van der Waals surface area contributed by atoms with Gasteiger partial charge in [0.15, 0.2) is 5.69 Å². The molecule has 0 spiro atoms. The van der Waals surface area contributed by atoms with E-state index in [0.29, 0.717) is 33.4 Å². The monoisotopic (exact) mass is 544 g/mol. The molecule has 5 heterocycles. The van der Waals surface area contributed by atoms with Crippen molar-refractivity contribution in [2.45, 2.75) is 18.4 Å². The van der Waals surface area contributed by atoms with Crippen molar-refractivity contribution in [3.05, 3.63) is 93.4 Å². The number of pyridine rings is 2. The number of carbonyl (C=O) groups is 1. The van der Waals surface area contributed by atoms with Crippen LogP contribution in [0.25, 0.3) is 28.1 Å². The van der Waals surface area contributed by atoms with Crippen molar-refractivity contribution >= 4 is 23.4 Å². The second kappa shape index (κ2) is 8.33. The molecule has 11 nitrogen and oxygen atoms in total. The van der Waals surface area contributed by atoms with Gasteiger partial charge in [-0.15, -0.1) is 5.10 Å². The molecule has 1 aromatic carbocycles. The van der Waals surface area contributed by atoms with E-state index in [1.165, 1.54) is 35.3 Å². The maximum Gasteiger partial charge on any atom is 0.358 e. The fraction of sp³-hybridized carbons (Fsp3) is 0.154. The number of fused-ring (bicyclic) bond motifs is 3. The summed E-state index contributed by atoms with van der Waals surface area (Å²) >= 11 is 6.31. The molecule has 5 aromatic rings. The number of nitrogen functional groups attached to an aromatic ring is 1. The van der Waals surface area contributed by atoms with Crippen LogP contribution in [0.15, 0.2) is 59.7 Å². The van der Waals surface area contributed by atoms with Crippen LogP contribution in [0.3, 0.4) is 0 Å². The molecule has 1 fully saturated rings. The largest absolute Gasteiger partial charge is 0.476 e. The molecule has 7 rings (SSSR count). The molecule has 1 aliphatic heterocycles. The SMILES string of the molecule is Nc1ccc(-c2cnc([C@@H]3[C@H]4C[C@H]4c4cc(-c5cc(Cl)ccc5-n5cc(C(=O)O)nn5)cc(=O)n43)[nH]2)c(F)n1. The summed E-state index contributed by atoms with van der Waals surface area (Å²) in [6, 6.07) is 11.2. The van der Waals surface area contributed by atoms with Crippen molar-refractivity contribution in [2.24, 2.45) is 5.92 Å². The van der Waals surface area contributed by atoms with Gasteiger partial charge in [0.2, 0.25) is 5.95 Å². The first-order valence-electron chi connectivity index (χ1n) is 12.0. The second-order valence-electron chi connectivity index (χ2n) is 9.60. The number of H-pyrrole nitrogens is 1. The molecule has 0 unspecified atom stereocenters. The second-order valence-corrected chi connectivity index (χ2v) is 10.0. The van der Waals surface area contributed by atoms with Crippen molar-refractivity contribution in [3.63, 3.8) is 0 Å². The number of carboxylic acid groups (broad SMARTS) is 1. The van der Waals surface area contributed by atoms with E-state index in [0.717, 1.165) is 12.1 Å². The highest BCUT2D eigenvalue weighted by Gasteiger charge is 2.54. The summed E-state index contributed by atoms with van der Waals surface area (Å²) in [5.41, 5.74) is 8.44. The molecule has 4 aromatic heterocycles. The lowest BCUT2D eigenvalue weighted by Crippen LogP contribution is -2.26. The number of anilines is 1. The van der Waals surface area contributed by atoms with Gasteiger partial charge in [0, 0.05) is 28.3 Å². The summed E-state index contributed by atoms with van der Waals surface area (Å²) in [7, 11) is 0. The molecule has 194 valence electrons. The van der Waals surface area contributed by atoms with Crippen molar-refractivity contribution in [3.8, 4) is 28.1 Å². The van der Waals surface area contributed by atoms with Gasteiger partial charge < -0.3 is 20.4 Å². The van der Waals surface area contributed by atoms with Gasteiger partial charge in [-0.25, -0.2) is 19.4 Å². The topological polar surface area (TPSA) is 158 Å². The molecule has 0 radical (unpaired) electrons. The van der Waals surface area contributed by atoms with Crippen LogP contribution in [0.1, 0.15) is 40.4 Å². The number of imidazole rings is 1. The average Bonchev–Trinajstić information content (AvgIpc) is 3.22. The fourth-order valence-electron chi connectivity index (χ4n) is 5.45. The molecule has 4 N–H and O–H groups in total. The third-order valence-electron chi connectivity index (χ3n) is 7.27. The summed E-state index contributed by atoms with van der Waals surface area (Å²) < 4.78 is 17.5. The molecule has 2 aliphatic rings. The number of nitrogens with one attached hydrogen (secondary N) is 1. The normalized spacial score (nSPS) is 19.1. The molecular formula is C26H18ClFN8O3. The Hall–Kier alpha value is -4.84. The Morgan fingerprint density at radius 2 is 2.03 bits per heavy atom. The Balaban J connectivity index is 1.30. The van der Waals surface area contributed by atoms with Crippen LogP contribution < -0.4 is 11.3 Å². The van der Waals surface area contributed by atoms with E-state index in [-0.39, 0.29) is 40.5 Å². The summed E-state index contributed by atoms with van der Waals surface area (Å²) in [5.74, 6) is -0.919. The zero-order valence-corrected chi connectivity index (χ0v) is 20.7. The average molecular weight is 545 g/mol. The number of hydrogen-bond donors (Lipinski definition) is 3. The number of aromatic amines is 1. The lowest BCUT2D eigenvalue weighted by atomic mass is 10.0. The highest BCUT2D eigenvalue weighted by molar-refractivity contribution is 6.31. The van der Waals surface area contributed by atoms with E-state index >= 15 is 0 Å². The van der Waals surface area contributed by atoms with Crippen molar-refractivity contribution < 1.29 is 14.3 Å². The van der Waals surface area contributed by atoms with Crippen LogP contribution in [0.5, 0.6) is 0 Å². The highest BCUT2D eigenvalue weighted by atomic mass is 35.5. The Bertz CT molecular complexity index is 1880. The van der Waals surface area contributed by atoms with Crippen LogP contribution in [-0.2, 0) is 0 Å². The van der Waals surface area contributed by atoms with E-state index in [9.17, 15) is 19.1 Å². The minimum absolute atomic E-state index is 0.0814. The Labute approximate surface area is 223 Å². The minimum atomic E-state index is -1.20. The molecule has 0 bridgehead atoms. The minimum Gasteiger partial charge on any atom is -0.476 e. The summed E-state index contributed by atoms with van der Waals surface area (Å²) in [6.07, 6.45) is 3.72. The van der Waals surface area contributed by atoms with Gasteiger partial charge in [-0.05, 0) is 54.3 Å². The molecule has 0 amide bonds. The summed E-state index contributed by atoms with van der Waals surface area (Å²) in [4.78, 5) is 36.2. The van der Waals surface area contributed by atoms with Gasteiger partial charge in [0.05, 0.1) is 35.4 Å². The Kier molecular flexibility index (Phi) is 4.98. The van der Waals surface area contributed by atoms with Gasteiger partial charge in [0.25, 0.3) is 5.56 Å². The van der Waals surface area contributed by atoms with Gasteiger partial charge in [-0.2, -0.15) is 4.39 Å². The van der Waals surface area contributed by atoms with Crippen LogP contribution in [0.2, 0.25) is 5.02 Å². The van der Waals surface area contributed by atoms with Crippen LogP contribution >= 0.6 is 11.6 Å². The fourth-order valence-corrected chi connectivity index (χ4v) is 5.62. The number of rotatable bonds is 5. The first-order chi connectivity index (χ1) is 18.8. The highest BCUT2D eigenvalue weighted by Crippen LogP contribution is 2.60.